The van der Waals surface area contributed by atoms with E-state index >= 15 is 0 Å². The van der Waals surface area contributed by atoms with Crippen LogP contribution in [0.15, 0.2) is 0 Å². The first-order valence-electron chi connectivity index (χ1n) is 11.1. The van der Waals surface area contributed by atoms with Gasteiger partial charge in [-0.05, 0) is 25.7 Å². The fourth-order valence-corrected chi connectivity index (χ4v) is 3.70. The Bertz CT molecular complexity index is 239. The maximum Gasteiger partial charge on any atom is 0.168 e. The smallest absolute Gasteiger partial charge is 0.168 e. The molecule has 0 aromatic rings. The summed E-state index contributed by atoms with van der Waals surface area (Å²) in [6, 6.07) is 0. The third-order valence-electron chi connectivity index (χ3n) is 5.34. The fraction of sp³-hybridized carbons (Fsp3) is 1.00. The molecule has 1 saturated carbocycles. The molecule has 0 unspecified atom stereocenters. The molecule has 2 nitrogen and oxygen atoms in total. The van der Waals surface area contributed by atoms with Gasteiger partial charge in [-0.25, -0.2) is 0 Å². The van der Waals surface area contributed by atoms with Crippen LogP contribution in [-0.4, -0.2) is 19.0 Å². The average Bonchev–Trinajstić information content (AvgIpc) is 2.61. The molecule has 24 heavy (non-hydrogen) atoms. The van der Waals surface area contributed by atoms with Gasteiger partial charge in [0.05, 0.1) is 13.2 Å². The zero-order valence-corrected chi connectivity index (χ0v) is 16.8. The molecule has 2 heteroatoms. The molecular formula is C22H44O2. The van der Waals surface area contributed by atoms with Crippen molar-refractivity contribution in [3.05, 3.63) is 0 Å². The summed E-state index contributed by atoms with van der Waals surface area (Å²) >= 11 is 0. The summed E-state index contributed by atoms with van der Waals surface area (Å²) < 4.78 is 12.6. The predicted octanol–water partition coefficient (Wildman–Crippen LogP) is 7.40. The van der Waals surface area contributed by atoms with E-state index in [0.29, 0.717) is 0 Å². The third kappa shape index (κ3) is 10.7. The molecule has 1 rings (SSSR count). The second-order valence-electron chi connectivity index (χ2n) is 7.70. The van der Waals surface area contributed by atoms with E-state index in [9.17, 15) is 0 Å². The molecule has 0 atom stereocenters. The van der Waals surface area contributed by atoms with Gasteiger partial charge in [0.25, 0.3) is 0 Å². The quantitative estimate of drug-likeness (QED) is 0.215. The lowest BCUT2D eigenvalue weighted by molar-refractivity contribution is -0.253. The molecule has 1 aliphatic carbocycles. The van der Waals surface area contributed by atoms with E-state index in [4.69, 9.17) is 9.47 Å². The van der Waals surface area contributed by atoms with E-state index < -0.39 is 0 Å². The Hall–Kier alpha value is -0.0800. The standard InChI is InChI=1S/C22H44O2/c1-3-5-7-9-11-16-20-23-22(18-14-13-15-19-22)24-21-17-12-10-8-6-4-2/h3-21H2,1-2H3. The molecule has 0 aromatic heterocycles. The first kappa shape index (κ1) is 22.0. The van der Waals surface area contributed by atoms with E-state index in [1.54, 1.807) is 0 Å². The van der Waals surface area contributed by atoms with Gasteiger partial charge in [0.15, 0.2) is 5.79 Å². The highest BCUT2D eigenvalue weighted by atomic mass is 16.7. The lowest BCUT2D eigenvalue weighted by atomic mass is 9.94. The van der Waals surface area contributed by atoms with E-state index in [-0.39, 0.29) is 5.79 Å². The molecule has 0 amide bonds. The van der Waals surface area contributed by atoms with Crippen molar-refractivity contribution in [2.75, 3.05) is 13.2 Å². The van der Waals surface area contributed by atoms with Crippen molar-refractivity contribution < 1.29 is 9.47 Å². The predicted molar refractivity (Wildman–Crippen MR) is 104 cm³/mol. The number of rotatable bonds is 16. The molecule has 0 spiro atoms. The Labute approximate surface area is 152 Å². The summed E-state index contributed by atoms with van der Waals surface area (Å²) in [5.74, 6) is -0.231. The Kier molecular flexibility index (Phi) is 13.9. The Morgan fingerprint density at radius 2 is 0.958 bits per heavy atom. The summed E-state index contributed by atoms with van der Waals surface area (Å²) in [4.78, 5) is 0. The second-order valence-corrected chi connectivity index (χ2v) is 7.70. The number of hydrogen-bond donors (Lipinski definition) is 0. The van der Waals surface area contributed by atoms with Crippen LogP contribution in [0, 0.1) is 0 Å². The third-order valence-corrected chi connectivity index (χ3v) is 5.34. The zero-order chi connectivity index (χ0) is 17.3. The minimum atomic E-state index is -0.231. The second kappa shape index (κ2) is 15.2. The molecule has 0 bridgehead atoms. The van der Waals surface area contributed by atoms with Crippen LogP contribution in [-0.2, 0) is 9.47 Å². The molecule has 1 aliphatic rings. The molecule has 0 aromatic carbocycles. The highest BCUT2D eigenvalue weighted by Crippen LogP contribution is 2.33. The van der Waals surface area contributed by atoms with Crippen LogP contribution in [0.2, 0.25) is 0 Å². The largest absolute Gasteiger partial charge is 0.350 e. The maximum atomic E-state index is 6.30. The SMILES string of the molecule is CCCCCCCCOC1(OCCCCCCCC)CCCCC1. The average molecular weight is 341 g/mol. The summed E-state index contributed by atoms with van der Waals surface area (Å²) in [5.41, 5.74) is 0. The molecule has 1 fully saturated rings. The van der Waals surface area contributed by atoms with Crippen molar-refractivity contribution in [3.8, 4) is 0 Å². The Morgan fingerprint density at radius 1 is 0.542 bits per heavy atom. The van der Waals surface area contributed by atoms with Crippen LogP contribution < -0.4 is 0 Å². The van der Waals surface area contributed by atoms with Gasteiger partial charge in [0.2, 0.25) is 0 Å². The minimum absolute atomic E-state index is 0.231. The van der Waals surface area contributed by atoms with Gasteiger partial charge in [-0.15, -0.1) is 0 Å². The lowest BCUT2D eigenvalue weighted by Crippen LogP contribution is -2.38. The highest BCUT2D eigenvalue weighted by Gasteiger charge is 2.33. The van der Waals surface area contributed by atoms with Gasteiger partial charge in [0, 0.05) is 12.8 Å². The van der Waals surface area contributed by atoms with Crippen LogP contribution in [0.4, 0.5) is 0 Å². The van der Waals surface area contributed by atoms with Crippen LogP contribution in [0.1, 0.15) is 123 Å². The highest BCUT2D eigenvalue weighted by molar-refractivity contribution is 4.75. The zero-order valence-electron chi connectivity index (χ0n) is 16.8. The topological polar surface area (TPSA) is 18.5 Å². The maximum absolute atomic E-state index is 6.30. The first-order valence-corrected chi connectivity index (χ1v) is 11.1. The minimum Gasteiger partial charge on any atom is -0.350 e. The van der Waals surface area contributed by atoms with E-state index in [1.165, 1.54) is 96.3 Å². The van der Waals surface area contributed by atoms with Gasteiger partial charge in [-0.3, -0.25) is 0 Å². The van der Waals surface area contributed by atoms with Gasteiger partial charge >= 0.3 is 0 Å². The van der Waals surface area contributed by atoms with Crippen LogP contribution in [0.3, 0.4) is 0 Å². The number of unbranched alkanes of at least 4 members (excludes halogenated alkanes) is 10. The van der Waals surface area contributed by atoms with Gasteiger partial charge in [-0.2, -0.15) is 0 Å². The monoisotopic (exact) mass is 340 g/mol. The summed E-state index contributed by atoms with van der Waals surface area (Å²) in [7, 11) is 0. The normalized spacial score (nSPS) is 17.2. The molecule has 0 heterocycles. The summed E-state index contributed by atoms with van der Waals surface area (Å²) in [6.07, 6.45) is 22.0. The number of ether oxygens (including phenoxy) is 2. The molecule has 0 N–H and O–H groups in total. The van der Waals surface area contributed by atoms with E-state index in [1.807, 2.05) is 0 Å². The van der Waals surface area contributed by atoms with Crippen molar-refractivity contribution in [2.24, 2.45) is 0 Å². The van der Waals surface area contributed by atoms with E-state index in [0.717, 1.165) is 26.1 Å². The summed E-state index contributed by atoms with van der Waals surface area (Å²) in [5, 5.41) is 0. The molecule has 0 saturated heterocycles. The van der Waals surface area contributed by atoms with Gasteiger partial charge < -0.3 is 9.47 Å². The van der Waals surface area contributed by atoms with Crippen molar-refractivity contribution in [1.29, 1.82) is 0 Å². The molecule has 0 aliphatic heterocycles. The van der Waals surface area contributed by atoms with Crippen molar-refractivity contribution in [3.63, 3.8) is 0 Å². The molecule has 0 radical (unpaired) electrons. The van der Waals surface area contributed by atoms with Crippen LogP contribution >= 0.6 is 0 Å². The first-order chi connectivity index (χ1) is 11.8. The molecular weight excluding hydrogens is 296 g/mol. The van der Waals surface area contributed by atoms with Crippen LogP contribution in [0.5, 0.6) is 0 Å². The summed E-state index contributed by atoms with van der Waals surface area (Å²) in [6.45, 7) is 6.33. The van der Waals surface area contributed by atoms with E-state index in [2.05, 4.69) is 13.8 Å². The van der Waals surface area contributed by atoms with Gasteiger partial charge in [0.1, 0.15) is 0 Å². The molecule has 144 valence electrons. The number of hydrogen-bond acceptors (Lipinski definition) is 2. The van der Waals surface area contributed by atoms with Crippen molar-refractivity contribution >= 4 is 0 Å². The van der Waals surface area contributed by atoms with Crippen molar-refractivity contribution in [2.45, 2.75) is 129 Å². The van der Waals surface area contributed by atoms with Crippen molar-refractivity contribution in [1.82, 2.24) is 0 Å². The Balaban J connectivity index is 2.12. The van der Waals surface area contributed by atoms with Crippen LogP contribution in [0.25, 0.3) is 0 Å². The van der Waals surface area contributed by atoms with Gasteiger partial charge in [-0.1, -0.05) is 84.5 Å². The fourth-order valence-electron chi connectivity index (χ4n) is 3.70. The lowest BCUT2D eigenvalue weighted by Gasteiger charge is -2.37. The Morgan fingerprint density at radius 3 is 1.42 bits per heavy atom.